The number of halogens is 2. The molecular formula is C25H21ClFN3O5S. The molecule has 11 heteroatoms. The number of ether oxygens (including phenoxy) is 3. The summed E-state index contributed by atoms with van der Waals surface area (Å²) in [5, 5.41) is 20.5. The molecule has 4 heterocycles. The lowest BCUT2D eigenvalue weighted by Crippen LogP contribution is -2.34. The third-order valence-corrected chi connectivity index (χ3v) is 7.39. The minimum atomic E-state index is -0.664. The Kier molecular flexibility index (Phi) is 6.01. The van der Waals surface area contributed by atoms with E-state index in [1.165, 1.54) is 17.8 Å². The summed E-state index contributed by atoms with van der Waals surface area (Å²) in [4.78, 5) is 12.8. The number of H-pyrrole nitrogens is 1. The van der Waals surface area contributed by atoms with Gasteiger partial charge < -0.3 is 29.4 Å². The zero-order valence-corrected chi connectivity index (χ0v) is 20.5. The summed E-state index contributed by atoms with van der Waals surface area (Å²) in [6.07, 6.45) is 0.0258. The Bertz CT molecular complexity index is 1450. The van der Waals surface area contributed by atoms with E-state index < -0.39 is 29.9 Å². The average Bonchev–Trinajstić information content (AvgIpc) is 3.57. The molecule has 0 spiro atoms. The van der Waals surface area contributed by atoms with E-state index in [-0.39, 0.29) is 25.3 Å². The van der Waals surface area contributed by atoms with Crippen LogP contribution in [0.1, 0.15) is 0 Å². The molecule has 4 unspecified atom stereocenters. The number of nitrogens with one attached hydrogen (secondary N) is 1. The SMILES string of the molecule is CSc1cc(F)c(O)c(-c2ccc(-c3nc4nc(OC5COC6C(O)COC56)[nH]c4cc3Cl)cc2)c1. The molecule has 6 rings (SSSR count). The van der Waals surface area contributed by atoms with Crippen LogP contribution in [0.5, 0.6) is 11.8 Å². The lowest BCUT2D eigenvalue weighted by atomic mass is 10.0. The van der Waals surface area contributed by atoms with Crippen molar-refractivity contribution in [1.29, 1.82) is 0 Å². The van der Waals surface area contributed by atoms with Gasteiger partial charge in [0.2, 0.25) is 0 Å². The Balaban J connectivity index is 1.27. The molecule has 0 aliphatic carbocycles. The van der Waals surface area contributed by atoms with E-state index in [2.05, 4.69) is 15.0 Å². The highest BCUT2D eigenvalue weighted by Crippen LogP contribution is 2.37. The largest absolute Gasteiger partial charge is 0.504 e. The highest BCUT2D eigenvalue weighted by molar-refractivity contribution is 7.98. The van der Waals surface area contributed by atoms with Crippen LogP contribution < -0.4 is 4.74 Å². The van der Waals surface area contributed by atoms with Crippen LogP contribution >= 0.6 is 23.4 Å². The molecule has 2 aromatic carbocycles. The minimum absolute atomic E-state index is 0.214. The molecule has 186 valence electrons. The van der Waals surface area contributed by atoms with Crippen molar-refractivity contribution >= 4 is 34.5 Å². The predicted molar refractivity (Wildman–Crippen MR) is 133 cm³/mol. The maximum absolute atomic E-state index is 14.1. The third-order valence-electron chi connectivity index (χ3n) is 6.39. The number of rotatable bonds is 5. The van der Waals surface area contributed by atoms with Crippen molar-refractivity contribution in [3.8, 4) is 34.1 Å². The van der Waals surface area contributed by atoms with Crippen molar-refractivity contribution in [1.82, 2.24) is 15.0 Å². The van der Waals surface area contributed by atoms with Crippen LogP contribution in [0.25, 0.3) is 33.5 Å². The Morgan fingerprint density at radius 3 is 2.61 bits per heavy atom. The van der Waals surface area contributed by atoms with Crippen molar-refractivity contribution in [2.24, 2.45) is 0 Å². The summed E-state index contributed by atoms with van der Waals surface area (Å²) in [6, 6.07) is 12.2. The third kappa shape index (κ3) is 4.08. The number of fused-ring (bicyclic) bond motifs is 2. The first-order valence-corrected chi connectivity index (χ1v) is 12.8. The number of nitrogens with zero attached hydrogens (tertiary/aromatic N) is 2. The molecule has 2 aromatic heterocycles. The predicted octanol–water partition coefficient (Wildman–Crippen LogP) is 4.42. The van der Waals surface area contributed by atoms with Gasteiger partial charge in [-0.05, 0) is 30.0 Å². The number of aliphatic hydroxyl groups excluding tert-OH is 1. The van der Waals surface area contributed by atoms with E-state index in [1.54, 1.807) is 36.4 Å². The fourth-order valence-corrected chi connectivity index (χ4v) is 5.28. The zero-order valence-electron chi connectivity index (χ0n) is 18.9. The second kappa shape index (κ2) is 9.20. The molecule has 4 atom stereocenters. The first-order valence-electron chi connectivity index (χ1n) is 11.2. The first kappa shape index (κ1) is 23.5. The van der Waals surface area contributed by atoms with Crippen molar-refractivity contribution < 1.29 is 28.8 Å². The number of benzene rings is 2. The van der Waals surface area contributed by atoms with Crippen LogP contribution in [0.15, 0.2) is 47.4 Å². The maximum Gasteiger partial charge on any atom is 0.296 e. The number of imidazole rings is 1. The molecule has 4 aromatic rings. The number of aliphatic hydroxyl groups is 1. The van der Waals surface area contributed by atoms with Gasteiger partial charge >= 0.3 is 0 Å². The fourth-order valence-electron chi connectivity index (χ4n) is 4.56. The van der Waals surface area contributed by atoms with Gasteiger partial charge in [0.15, 0.2) is 23.3 Å². The molecular weight excluding hydrogens is 509 g/mol. The highest BCUT2D eigenvalue weighted by atomic mass is 35.5. The van der Waals surface area contributed by atoms with E-state index in [0.717, 1.165) is 5.56 Å². The lowest BCUT2D eigenvalue weighted by Gasteiger charge is -2.15. The smallest absolute Gasteiger partial charge is 0.296 e. The summed E-state index contributed by atoms with van der Waals surface area (Å²) < 4.78 is 31.3. The van der Waals surface area contributed by atoms with Gasteiger partial charge in [-0.25, -0.2) is 9.37 Å². The fraction of sp³-hybridized carbons (Fsp3) is 0.280. The van der Waals surface area contributed by atoms with Gasteiger partial charge in [-0.2, -0.15) is 4.98 Å². The number of aromatic nitrogens is 3. The summed E-state index contributed by atoms with van der Waals surface area (Å²) in [7, 11) is 0. The normalized spacial score (nSPS) is 23.3. The number of hydrogen-bond donors (Lipinski definition) is 3. The Hall–Kier alpha value is -2.89. The van der Waals surface area contributed by atoms with Crippen LogP contribution in [0.2, 0.25) is 5.02 Å². The van der Waals surface area contributed by atoms with E-state index in [1.807, 2.05) is 6.26 Å². The second-order valence-electron chi connectivity index (χ2n) is 8.63. The Morgan fingerprint density at radius 1 is 1.08 bits per heavy atom. The molecule has 0 bridgehead atoms. The number of aromatic hydroxyl groups is 1. The highest BCUT2D eigenvalue weighted by Gasteiger charge is 2.48. The van der Waals surface area contributed by atoms with Gasteiger partial charge in [-0.15, -0.1) is 11.8 Å². The van der Waals surface area contributed by atoms with Gasteiger partial charge in [0, 0.05) is 16.0 Å². The van der Waals surface area contributed by atoms with Gasteiger partial charge in [-0.1, -0.05) is 35.9 Å². The van der Waals surface area contributed by atoms with Gasteiger partial charge in [-0.3, -0.25) is 0 Å². The summed E-state index contributed by atoms with van der Waals surface area (Å²) in [6.45, 7) is 0.501. The number of thioether (sulfide) groups is 1. The number of phenols is 1. The topological polar surface area (TPSA) is 110 Å². The Labute approximate surface area is 214 Å². The zero-order chi connectivity index (χ0) is 25.0. The quantitative estimate of drug-likeness (QED) is 0.326. The molecule has 8 nitrogen and oxygen atoms in total. The second-order valence-corrected chi connectivity index (χ2v) is 9.92. The molecule has 36 heavy (non-hydrogen) atoms. The van der Waals surface area contributed by atoms with Crippen LogP contribution in [-0.4, -0.2) is 69.1 Å². The maximum atomic E-state index is 14.1. The number of pyridine rings is 1. The summed E-state index contributed by atoms with van der Waals surface area (Å²) in [5.74, 6) is -1.05. The van der Waals surface area contributed by atoms with Crippen LogP contribution in [0.3, 0.4) is 0 Å². The Morgan fingerprint density at radius 2 is 1.83 bits per heavy atom. The molecule has 2 fully saturated rings. The van der Waals surface area contributed by atoms with Gasteiger partial charge in [0.25, 0.3) is 6.01 Å². The number of aromatic amines is 1. The van der Waals surface area contributed by atoms with E-state index in [4.69, 9.17) is 25.8 Å². The molecule has 2 aliphatic rings. The van der Waals surface area contributed by atoms with Crippen molar-refractivity contribution in [3.05, 3.63) is 53.3 Å². The van der Waals surface area contributed by atoms with Crippen molar-refractivity contribution in [2.75, 3.05) is 19.5 Å². The van der Waals surface area contributed by atoms with E-state index >= 15 is 0 Å². The molecule has 3 N–H and O–H groups in total. The molecule has 0 saturated carbocycles. The van der Waals surface area contributed by atoms with Crippen LogP contribution in [-0.2, 0) is 9.47 Å². The van der Waals surface area contributed by atoms with E-state index in [9.17, 15) is 14.6 Å². The standard InChI is InChI=1S/C25H21ClFN3O5S/c1-36-13-6-14(21(32)16(27)7-13)11-2-4-12(5-3-11)20-15(26)8-17-24(29-20)30-25(28-17)35-19-10-34-22-18(31)9-33-23(19)22/h2-8,18-19,22-23,31-32H,9-10H2,1H3,(H,28,29,30). The minimum Gasteiger partial charge on any atom is -0.504 e. The van der Waals surface area contributed by atoms with Gasteiger partial charge in [0.05, 0.1) is 29.4 Å². The first-order chi connectivity index (χ1) is 17.4. The van der Waals surface area contributed by atoms with Crippen molar-refractivity contribution in [3.63, 3.8) is 0 Å². The van der Waals surface area contributed by atoms with Gasteiger partial charge in [0.1, 0.15) is 18.3 Å². The molecule has 2 aliphatic heterocycles. The average molecular weight is 530 g/mol. The van der Waals surface area contributed by atoms with Crippen LogP contribution in [0, 0.1) is 5.82 Å². The molecule has 2 saturated heterocycles. The van der Waals surface area contributed by atoms with Crippen molar-refractivity contribution in [2.45, 2.75) is 29.3 Å². The number of hydrogen-bond acceptors (Lipinski definition) is 8. The summed E-state index contributed by atoms with van der Waals surface area (Å²) in [5.41, 5.74) is 3.35. The monoisotopic (exact) mass is 529 g/mol. The molecule has 0 amide bonds. The van der Waals surface area contributed by atoms with E-state index in [0.29, 0.717) is 37.9 Å². The lowest BCUT2D eigenvalue weighted by molar-refractivity contribution is 0.00706. The number of phenolic OH excluding ortho intramolecular Hbond substituents is 1. The summed E-state index contributed by atoms with van der Waals surface area (Å²) >= 11 is 7.93. The van der Waals surface area contributed by atoms with Crippen LogP contribution in [0.4, 0.5) is 4.39 Å². The molecule has 0 radical (unpaired) electrons.